The second-order valence-corrected chi connectivity index (χ2v) is 10.2. The summed E-state index contributed by atoms with van der Waals surface area (Å²) < 4.78 is 46.8. The van der Waals surface area contributed by atoms with Crippen LogP contribution in [-0.4, -0.2) is 92.1 Å². The molecule has 2 aromatic carbocycles. The van der Waals surface area contributed by atoms with Crippen molar-refractivity contribution in [2.75, 3.05) is 13.7 Å². The SMILES string of the molecule is COC(=O)[C@H]1O[C@@H](O[C@H]2[C@H](OC(C)=O)[C@@H](N=[N+]=[N-])[C@@H]3OC[C@H]2O3)[C@H](OCc2ccccc2)[C@@H](OCc2ccccc2)[C@@H]1O. The number of esters is 2. The van der Waals surface area contributed by atoms with E-state index in [0.717, 1.165) is 18.2 Å². The summed E-state index contributed by atoms with van der Waals surface area (Å²) in [4.78, 5) is 27.7. The summed E-state index contributed by atoms with van der Waals surface area (Å²) in [5, 5.41) is 15.1. The highest BCUT2D eigenvalue weighted by Crippen LogP contribution is 2.37. The lowest BCUT2D eigenvalue weighted by Gasteiger charge is -2.46. The van der Waals surface area contributed by atoms with Crippen LogP contribution in [-0.2, 0) is 60.7 Å². The van der Waals surface area contributed by atoms with Crippen LogP contribution < -0.4 is 0 Å². The molecule has 3 aliphatic rings. The molecule has 230 valence electrons. The molecular formula is C29H33N3O11. The van der Waals surface area contributed by atoms with Crippen LogP contribution in [0, 0.1) is 0 Å². The first-order valence-corrected chi connectivity index (χ1v) is 13.8. The highest BCUT2D eigenvalue weighted by atomic mass is 16.8. The summed E-state index contributed by atoms with van der Waals surface area (Å²) in [6.07, 6.45) is -10.5. The normalized spacial score (nSPS) is 33.3. The van der Waals surface area contributed by atoms with Crippen LogP contribution in [0.5, 0.6) is 0 Å². The van der Waals surface area contributed by atoms with Crippen LogP contribution in [0.1, 0.15) is 18.1 Å². The summed E-state index contributed by atoms with van der Waals surface area (Å²) in [7, 11) is 1.16. The Morgan fingerprint density at radius 1 is 0.953 bits per heavy atom. The second-order valence-electron chi connectivity index (χ2n) is 10.2. The van der Waals surface area contributed by atoms with Gasteiger partial charge in [0.2, 0.25) is 0 Å². The number of methoxy groups -OCH3 is 1. The Hall–Kier alpha value is -3.59. The molecule has 0 spiro atoms. The Kier molecular flexibility index (Phi) is 10.2. The molecule has 0 saturated carbocycles. The monoisotopic (exact) mass is 599 g/mol. The highest BCUT2D eigenvalue weighted by Gasteiger charge is 2.57. The summed E-state index contributed by atoms with van der Waals surface area (Å²) in [6, 6.07) is 17.5. The van der Waals surface area contributed by atoms with Crippen molar-refractivity contribution in [1.82, 2.24) is 0 Å². The van der Waals surface area contributed by atoms with E-state index in [2.05, 4.69) is 10.0 Å². The number of carbonyl (C=O) groups excluding carboxylic acids is 2. The first-order valence-electron chi connectivity index (χ1n) is 13.8. The predicted octanol–water partition coefficient (Wildman–Crippen LogP) is 2.17. The van der Waals surface area contributed by atoms with Crippen LogP contribution in [0.15, 0.2) is 65.8 Å². The number of hydrogen-bond acceptors (Lipinski definition) is 12. The third-order valence-corrected chi connectivity index (χ3v) is 7.34. The van der Waals surface area contributed by atoms with Gasteiger partial charge in [-0.3, -0.25) is 4.79 Å². The van der Waals surface area contributed by atoms with E-state index in [4.69, 9.17) is 37.9 Å². The second kappa shape index (κ2) is 14.3. The number of aliphatic hydroxyl groups excluding tert-OH is 1. The van der Waals surface area contributed by atoms with Crippen LogP contribution in [0.4, 0.5) is 0 Å². The number of ether oxygens (including phenoxy) is 8. The van der Waals surface area contributed by atoms with Gasteiger partial charge in [-0.1, -0.05) is 65.8 Å². The molecule has 1 N–H and O–H groups in total. The third kappa shape index (κ3) is 7.15. The number of rotatable bonds is 11. The Morgan fingerprint density at radius 3 is 2.16 bits per heavy atom. The summed E-state index contributed by atoms with van der Waals surface area (Å²) in [6.45, 7) is 1.42. The van der Waals surface area contributed by atoms with Crippen molar-refractivity contribution in [3.63, 3.8) is 0 Å². The lowest BCUT2D eigenvalue weighted by Crippen LogP contribution is -2.64. The summed E-state index contributed by atoms with van der Waals surface area (Å²) in [5.41, 5.74) is 10.8. The van der Waals surface area contributed by atoms with E-state index in [1.165, 1.54) is 6.92 Å². The minimum absolute atomic E-state index is 0.0454. The van der Waals surface area contributed by atoms with Gasteiger partial charge in [-0.2, -0.15) is 0 Å². The standard InChI is InChI=1S/C29H33N3O11/c1-16(33)40-23-20(31-32-30)28-39-15-19(41-28)22(23)42-29-26(38-14-18-11-7-4-8-12-18)24(21(34)25(43-29)27(35)36-2)37-13-17-9-5-3-6-10-17/h3-12,19-26,28-29,34H,13-15H2,1-2H3/t19-,20-,21+,22-,23-,24+,25+,26-,28-,29-/m1/s1. The molecule has 3 saturated heterocycles. The summed E-state index contributed by atoms with van der Waals surface area (Å²) in [5.74, 6) is -1.50. The van der Waals surface area contributed by atoms with Crippen molar-refractivity contribution in [3.8, 4) is 0 Å². The van der Waals surface area contributed by atoms with Gasteiger partial charge in [0.1, 0.15) is 42.7 Å². The predicted molar refractivity (Wildman–Crippen MR) is 145 cm³/mol. The lowest BCUT2D eigenvalue weighted by atomic mass is 9.96. The molecule has 14 nitrogen and oxygen atoms in total. The largest absolute Gasteiger partial charge is 0.467 e. The highest BCUT2D eigenvalue weighted by molar-refractivity contribution is 5.75. The van der Waals surface area contributed by atoms with Gasteiger partial charge in [-0.05, 0) is 16.7 Å². The van der Waals surface area contributed by atoms with Gasteiger partial charge >= 0.3 is 11.9 Å². The van der Waals surface area contributed by atoms with Crippen molar-refractivity contribution in [3.05, 3.63) is 82.2 Å². The minimum Gasteiger partial charge on any atom is -0.467 e. The van der Waals surface area contributed by atoms with Gasteiger partial charge in [0.05, 0.1) is 26.9 Å². The fourth-order valence-corrected chi connectivity index (χ4v) is 5.33. The van der Waals surface area contributed by atoms with E-state index in [1.54, 1.807) is 0 Å². The molecule has 2 bridgehead atoms. The Morgan fingerprint density at radius 2 is 1.58 bits per heavy atom. The van der Waals surface area contributed by atoms with Crippen LogP contribution >= 0.6 is 0 Å². The molecule has 0 unspecified atom stereocenters. The van der Waals surface area contributed by atoms with E-state index < -0.39 is 73.3 Å². The van der Waals surface area contributed by atoms with Crippen LogP contribution in [0.25, 0.3) is 10.4 Å². The van der Waals surface area contributed by atoms with Crippen LogP contribution in [0.2, 0.25) is 0 Å². The fourth-order valence-electron chi connectivity index (χ4n) is 5.33. The number of aliphatic hydroxyl groups is 1. The number of carbonyl (C=O) groups is 2. The molecule has 2 aromatic rings. The topological polar surface area (TPSA) is 177 Å². The van der Waals surface area contributed by atoms with Gasteiger partial charge in [-0.25, -0.2) is 4.79 Å². The maximum absolute atomic E-state index is 12.8. The number of azide groups is 1. The average molecular weight is 600 g/mol. The van der Waals surface area contributed by atoms with Crippen molar-refractivity contribution in [2.45, 2.75) is 81.5 Å². The number of hydrogen-bond donors (Lipinski definition) is 1. The van der Waals surface area contributed by atoms with Crippen molar-refractivity contribution in [2.24, 2.45) is 5.11 Å². The fraction of sp³-hybridized carbons (Fsp3) is 0.517. The van der Waals surface area contributed by atoms with Crippen LogP contribution in [0.3, 0.4) is 0 Å². The Bertz CT molecular complexity index is 1280. The quantitative estimate of drug-likeness (QED) is 0.173. The third-order valence-electron chi connectivity index (χ3n) is 7.34. The molecular weight excluding hydrogens is 566 g/mol. The molecule has 3 fully saturated rings. The zero-order valence-electron chi connectivity index (χ0n) is 23.5. The molecule has 3 aliphatic heterocycles. The van der Waals surface area contributed by atoms with Crippen molar-refractivity contribution < 1.29 is 52.6 Å². The van der Waals surface area contributed by atoms with Gasteiger partial charge in [0.15, 0.2) is 18.7 Å². The van der Waals surface area contributed by atoms with Gasteiger partial charge in [-0.15, -0.1) is 0 Å². The molecule has 0 aromatic heterocycles. The van der Waals surface area contributed by atoms with Gasteiger partial charge in [0.25, 0.3) is 0 Å². The van der Waals surface area contributed by atoms with E-state index in [9.17, 15) is 20.2 Å². The lowest BCUT2D eigenvalue weighted by molar-refractivity contribution is -0.338. The van der Waals surface area contributed by atoms with Gasteiger partial charge in [0, 0.05) is 11.8 Å². The minimum atomic E-state index is -1.51. The maximum atomic E-state index is 12.8. The molecule has 0 amide bonds. The zero-order chi connectivity index (χ0) is 30.3. The van der Waals surface area contributed by atoms with E-state index in [0.29, 0.717) is 0 Å². The Labute approximate surface area is 247 Å². The zero-order valence-corrected chi connectivity index (χ0v) is 23.5. The Balaban J connectivity index is 1.48. The first kappa shape index (κ1) is 30.9. The molecule has 10 atom stereocenters. The first-order chi connectivity index (χ1) is 20.9. The maximum Gasteiger partial charge on any atom is 0.337 e. The molecule has 14 heteroatoms. The number of benzene rings is 2. The molecule has 3 heterocycles. The molecule has 0 aliphatic carbocycles. The average Bonchev–Trinajstić information content (AvgIpc) is 3.46. The number of fused-ring (bicyclic) bond motifs is 2. The van der Waals surface area contributed by atoms with Crippen molar-refractivity contribution >= 4 is 11.9 Å². The molecule has 0 radical (unpaired) electrons. The molecule has 5 rings (SSSR count). The molecule has 43 heavy (non-hydrogen) atoms. The number of nitrogens with zero attached hydrogens (tertiary/aromatic N) is 3. The van der Waals surface area contributed by atoms with Gasteiger partial charge < -0.3 is 43.0 Å². The van der Waals surface area contributed by atoms with E-state index in [1.807, 2.05) is 60.7 Å². The van der Waals surface area contributed by atoms with E-state index in [-0.39, 0.29) is 19.8 Å². The summed E-state index contributed by atoms with van der Waals surface area (Å²) >= 11 is 0. The van der Waals surface area contributed by atoms with Crippen molar-refractivity contribution in [1.29, 1.82) is 0 Å². The smallest absolute Gasteiger partial charge is 0.337 e. The van der Waals surface area contributed by atoms with E-state index >= 15 is 0 Å².